The van der Waals surface area contributed by atoms with Crippen molar-refractivity contribution in [3.05, 3.63) is 0 Å². The lowest BCUT2D eigenvalue weighted by molar-refractivity contribution is -0.221. The van der Waals surface area contributed by atoms with Crippen molar-refractivity contribution >= 4 is 59.7 Å². The molecule has 18 bridgehead atoms. The van der Waals surface area contributed by atoms with Crippen LogP contribution in [-0.4, -0.2) is 119 Å². The summed E-state index contributed by atoms with van der Waals surface area (Å²) >= 11 is 0. The molecule has 0 spiro atoms. The lowest BCUT2D eigenvalue weighted by Crippen LogP contribution is -2.59. The fraction of sp³-hybridized carbons (Fsp3) is 0.907. The number of ether oxygens (including phenoxy) is 10. The van der Waals surface area contributed by atoms with E-state index in [4.69, 9.17) is 47.4 Å². The second-order valence-electron chi connectivity index (χ2n) is 44.7. The highest BCUT2D eigenvalue weighted by atomic mass is 16.6. The van der Waals surface area contributed by atoms with Crippen molar-refractivity contribution in [2.24, 2.45) is 134 Å². The lowest BCUT2D eigenvalue weighted by atomic mass is 9.50. The van der Waals surface area contributed by atoms with Crippen molar-refractivity contribution < 1.29 is 95.3 Å². The monoisotopic (exact) mass is 1810 g/mol. The van der Waals surface area contributed by atoms with Gasteiger partial charge in [0, 0.05) is 6.42 Å². The topological polar surface area (TPSA) is 263 Å². The fourth-order valence-electron chi connectivity index (χ4n) is 24.3. The molecule has 18 rings (SSSR count). The van der Waals surface area contributed by atoms with Crippen LogP contribution in [0.2, 0.25) is 0 Å². The normalized spacial score (nSPS) is 33.9. The minimum Gasteiger partial charge on any atom is -0.465 e. The van der Waals surface area contributed by atoms with Crippen LogP contribution in [0.4, 0.5) is 0 Å². The van der Waals surface area contributed by atoms with Crippen LogP contribution < -0.4 is 0 Å². The standard InChI is InChI=1S/2C21H34O4.C20H32O4.C19H30O4.C17H28O4.5C2H6/c1-7-19(2,3)17(22)24-20(4,5)18(23)25-21(6)15-9-13-8-14(11-15)12-16(21)10-13;1-5-20(2,3)19(23)24-8-6-7-18(22)25-21(4)16-10-14-9-15(12-16)13-17(21)11-14;1-6-19(3,4)18(22)23-12(2)17(21)24-20(5)15-8-13-7-14(10-15)11-16(20)9-13;1-5-18(2,3)17(21)22-11-16(20)23-19(4)14-7-12-6-13(9-14)10-15(19)8-12;1-5-16(3,4)15(19)20-11-14(18)21-17(6-2)10-12-7-8-13(17)9-12;5*1-2/h13-16H,7-12H2,1-6H3;14-17H,5-13H2,1-4H3;12-16H,6-11H2,1-5H3;12-15H,5-11H2,1-4H3;12-13H,5-11H2,1-4H3;5*1-2H3. The zero-order chi connectivity index (χ0) is 97.1. The molecule has 128 heavy (non-hydrogen) atoms. The van der Waals surface area contributed by atoms with Crippen molar-refractivity contribution in [1.82, 2.24) is 0 Å². The molecule has 0 aromatic heterocycles. The molecule has 0 amide bonds. The average Bonchev–Trinajstić information content (AvgIpc) is 0.978. The molecule has 740 valence electrons. The lowest BCUT2D eigenvalue weighted by Gasteiger charge is -2.59. The summed E-state index contributed by atoms with van der Waals surface area (Å²) in [5.74, 6) is 8.71. The average molecular weight is 1810 g/mol. The predicted molar refractivity (Wildman–Crippen MR) is 506 cm³/mol. The van der Waals surface area contributed by atoms with E-state index in [1.54, 1.807) is 20.8 Å². The Kier molecular flexibility index (Phi) is 42.2. The van der Waals surface area contributed by atoms with Gasteiger partial charge >= 0.3 is 59.7 Å². The SMILES string of the molecule is CC.CC.CC.CC.CC.CCC(C)(C)C(=O)OC(C)(C)C(=O)OC1(C)C2CC3CC(C2)CC1C3.CCC(C)(C)C(=O)OC(C)C(=O)OC1(C)C2CC3CC(C2)CC1C3.CCC(C)(C)C(=O)OCC(=O)OC1(C)C2CC3CC(C2)CC1C3.CCC(C)(C)C(=O)OCC(=O)OC1(CC)CC2CCC1C2.CCC(C)(C)C(=O)OCCCC(=O)OC1(C)C2CC3CC(C2)CC1C3. The van der Waals surface area contributed by atoms with Gasteiger partial charge in [-0.1, -0.05) is 111 Å². The first kappa shape index (κ1) is 113. The Morgan fingerprint density at radius 2 is 0.578 bits per heavy atom. The zero-order valence-electron chi connectivity index (χ0n) is 87.4. The number of rotatable bonds is 28. The molecule has 20 heteroatoms. The Hall–Kier alpha value is -5.30. The molecule has 0 aromatic rings. The van der Waals surface area contributed by atoms with Crippen LogP contribution >= 0.6 is 0 Å². The van der Waals surface area contributed by atoms with E-state index in [0.717, 1.165) is 73.0 Å². The number of hydrogen-bond acceptors (Lipinski definition) is 20. The van der Waals surface area contributed by atoms with Gasteiger partial charge in [0.15, 0.2) is 19.3 Å². The molecule has 0 saturated heterocycles. The number of carbonyl (C=O) groups is 10. The van der Waals surface area contributed by atoms with Crippen LogP contribution in [0.25, 0.3) is 0 Å². The van der Waals surface area contributed by atoms with Crippen LogP contribution in [0.5, 0.6) is 0 Å². The number of hydrogen-bond donors (Lipinski definition) is 0. The van der Waals surface area contributed by atoms with Crippen LogP contribution in [0.1, 0.15) is 434 Å². The quantitative estimate of drug-likeness (QED) is 0.0400. The van der Waals surface area contributed by atoms with E-state index >= 15 is 0 Å². The maximum absolute atomic E-state index is 12.9. The third-order valence-corrected chi connectivity index (χ3v) is 34.2. The van der Waals surface area contributed by atoms with Crippen LogP contribution in [0, 0.1) is 134 Å². The minimum atomic E-state index is -1.25. The van der Waals surface area contributed by atoms with Gasteiger partial charge in [0.1, 0.15) is 28.0 Å². The zero-order valence-corrected chi connectivity index (χ0v) is 87.4. The number of esters is 10. The third-order valence-electron chi connectivity index (χ3n) is 34.2. The summed E-state index contributed by atoms with van der Waals surface area (Å²) in [7, 11) is 0. The number of carbonyl (C=O) groups excluding carboxylic acids is 10. The second kappa shape index (κ2) is 47.7. The first-order valence-electron chi connectivity index (χ1n) is 52.0. The summed E-state index contributed by atoms with van der Waals surface area (Å²) < 4.78 is 56.4. The first-order valence-corrected chi connectivity index (χ1v) is 52.0. The van der Waals surface area contributed by atoms with Crippen molar-refractivity contribution in [2.45, 2.75) is 474 Å². The van der Waals surface area contributed by atoms with E-state index in [9.17, 15) is 47.9 Å². The molecule has 18 saturated carbocycles. The van der Waals surface area contributed by atoms with Crippen LogP contribution in [0.3, 0.4) is 0 Å². The van der Waals surface area contributed by atoms with E-state index in [0.29, 0.717) is 104 Å². The molecular formula is C108H188O20. The van der Waals surface area contributed by atoms with E-state index in [-0.39, 0.29) is 83.4 Å². The van der Waals surface area contributed by atoms with Gasteiger partial charge in [0.25, 0.3) is 0 Å². The molecule has 0 aromatic carbocycles. The van der Waals surface area contributed by atoms with Gasteiger partial charge in [-0.05, 0) is 423 Å². The Labute approximate surface area is 778 Å². The molecule has 0 heterocycles. The van der Waals surface area contributed by atoms with E-state index < -0.39 is 56.3 Å². The van der Waals surface area contributed by atoms with Crippen LogP contribution in [0.15, 0.2) is 0 Å². The molecule has 4 unspecified atom stereocenters. The van der Waals surface area contributed by atoms with Gasteiger partial charge in [-0.15, -0.1) is 0 Å². The molecule has 0 aliphatic heterocycles. The van der Waals surface area contributed by atoms with Crippen molar-refractivity contribution in [1.29, 1.82) is 0 Å². The van der Waals surface area contributed by atoms with Crippen molar-refractivity contribution in [3.8, 4) is 0 Å². The molecule has 18 fully saturated rings. The summed E-state index contributed by atoms with van der Waals surface area (Å²) in [6, 6.07) is 0. The molecule has 20 nitrogen and oxygen atoms in total. The smallest absolute Gasteiger partial charge is 0.350 e. The van der Waals surface area contributed by atoms with Crippen molar-refractivity contribution in [3.63, 3.8) is 0 Å². The molecule has 18 aliphatic rings. The molecule has 4 atom stereocenters. The number of fused-ring (bicyclic) bond motifs is 2. The van der Waals surface area contributed by atoms with Crippen molar-refractivity contribution in [2.75, 3.05) is 19.8 Å². The highest BCUT2D eigenvalue weighted by molar-refractivity contribution is 5.85. The second-order valence-corrected chi connectivity index (χ2v) is 44.7. The highest BCUT2D eigenvalue weighted by Gasteiger charge is 2.63. The maximum Gasteiger partial charge on any atom is 0.350 e. The maximum atomic E-state index is 12.9. The van der Waals surface area contributed by atoms with E-state index in [2.05, 4.69) is 34.6 Å². The molecule has 0 N–H and O–H groups in total. The van der Waals surface area contributed by atoms with Gasteiger partial charge in [0.2, 0.25) is 5.60 Å². The third kappa shape index (κ3) is 27.3. The Balaban J connectivity index is 0.000000277. The van der Waals surface area contributed by atoms with Gasteiger partial charge in [-0.2, -0.15) is 0 Å². The summed E-state index contributed by atoms with van der Waals surface area (Å²) in [6.45, 7) is 63.5. The summed E-state index contributed by atoms with van der Waals surface area (Å²) in [5, 5.41) is 0. The summed E-state index contributed by atoms with van der Waals surface area (Å²) in [5.41, 5.74) is -5.63. The summed E-state index contributed by atoms with van der Waals surface area (Å²) in [6.07, 6.45) is 33.7. The Morgan fingerprint density at radius 1 is 0.305 bits per heavy atom. The molecule has 0 radical (unpaired) electrons. The van der Waals surface area contributed by atoms with Gasteiger partial charge < -0.3 is 47.4 Å². The van der Waals surface area contributed by atoms with Gasteiger partial charge in [-0.25, -0.2) is 19.2 Å². The van der Waals surface area contributed by atoms with Gasteiger partial charge in [0.05, 0.1) is 33.7 Å². The molecular weight excluding hydrogens is 1620 g/mol. The van der Waals surface area contributed by atoms with Gasteiger partial charge in [-0.3, -0.25) is 28.8 Å². The Bertz CT molecular complexity index is 3460. The first-order chi connectivity index (χ1) is 59.9. The minimum absolute atomic E-state index is 0.124. The predicted octanol–water partition coefficient (Wildman–Crippen LogP) is 25.5. The Morgan fingerprint density at radius 3 is 0.875 bits per heavy atom. The van der Waals surface area contributed by atoms with Crippen LogP contribution in [-0.2, 0) is 95.3 Å². The van der Waals surface area contributed by atoms with E-state index in [1.165, 1.54) is 141 Å². The largest absolute Gasteiger partial charge is 0.465 e. The summed E-state index contributed by atoms with van der Waals surface area (Å²) in [4.78, 5) is 123. The fourth-order valence-corrected chi connectivity index (χ4v) is 24.3. The highest BCUT2D eigenvalue weighted by Crippen LogP contribution is 2.64. The molecule has 18 aliphatic carbocycles. The van der Waals surface area contributed by atoms with E-state index in [1.807, 2.05) is 173 Å².